The minimum atomic E-state index is -0.756. The summed E-state index contributed by atoms with van der Waals surface area (Å²) in [6, 6.07) is 11.4. The van der Waals surface area contributed by atoms with E-state index in [4.69, 9.17) is 13.9 Å². The SMILES string of the molecule is C=CCOc1ccc([C@@H]2c3c(oc4ccccc4c3=O)C(=O)N2c2nncs2)cc1OC. The van der Waals surface area contributed by atoms with Crippen molar-refractivity contribution in [1.82, 2.24) is 10.2 Å². The fourth-order valence-corrected chi connectivity index (χ4v) is 4.41. The first kappa shape index (κ1) is 20.0. The van der Waals surface area contributed by atoms with Crippen molar-refractivity contribution in [2.45, 2.75) is 6.04 Å². The first-order valence-electron chi connectivity index (χ1n) is 9.71. The average molecular weight is 447 g/mol. The largest absolute Gasteiger partial charge is 0.493 e. The third kappa shape index (κ3) is 3.05. The van der Waals surface area contributed by atoms with Gasteiger partial charge in [0.05, 0.1) is 24.1 Å². The summed E-state index contributed by atoms with van der Waals surface area (Å²) in [6.07, 6.45) is 1.63. The van der Waals surface area contributed by atoms with Gasteiger partial charge in [-0.2, -0.15) is 0 Å². The molecule has 0 radical (unpaired) electrons. The number of amides is 1. The second-order valence-electron chi connectivity index (χ2n) is 6.98. The number of anilines is 1. The molecule has 3 heterocycles. The number of fused-ring (bicyclic) bond motifs is 2. The zero-order valence-electron chi connectivity index (χ0n) is 17.0. The van der Waals surface area contributed by atoms with Gasteiger partial charge in [0.1, 0.15) is 17.7 Å². The number of hydrogen-bond acceptors (Lipinski definition) is 8. The fourth-order valence-electron chi connectivity index (χ4n) is 3.83. The number of rotatable bonds is 6. The first-order chi connectivity index (χ1) is 15.6. The molecule has 1 atom stereocenters. The molecule has 1 amide bonds. The van der Waals surface area contributed by atoms with E-state index in [1.807, 2.05) is 0 Å². The molecular weight excluding hydrogens is 430 g/mol. The second kappa shape index (κ2) is 7.93. The van der Waals surface area contributed by atoms with E-state index in [1.54, 1.807) is 48.5 Å². The van der Waals surface area contributed by atoms with Gasteiger partial charge in [-0.25, -0.2) is 0 Å². The summed E-state index contributed by atoms with van der Waals surface area (Å²) in [5.41, 5.74) is 2.52. The monoisotopic (exact) mass is 447 g/mol. The van der Waals surface area contributed by atoms with Crippen LogP contribution in [0.4, 0.5) is 5.13 Å². The number of nitrogens with zero attached hydrogens (tertiary/aromatic N) is 3. The van der Waals surface area contributed by atoms with Crippen LogP contribution in [0.5, 0.6) is 11.5 Å². The molecule has 0 saturated heterocycles. The Kier molecular flexibility index (Phi) is 4.95. The van der Waals surface area contributed by atoms with Crippen molar-refractivity contribution >= 4 is 33.3 Å². The van der Waals surface area contributed by atoms with Gasteiger partial charge in [0.15, 0.2) is 16.9 Å². The Hall–Kier alpha value is -3.98. The van der Waals surface area contributed by atoms with Gasteiger partial charge in [-0.3, -0.25) is 14.5 Å². The highest BCUT2D eigenvalue weighted by molar-refractivity contribution is 7.13. The molecule has 0 unspecified atom stereocenters. The highest BCUT2D eigenvalue weighted by Crippen LogP contribution is 2.43. The van der Waals surface area contributed by atoms with Crippen molar-refractivity contribution in [3.05, 3.63) is 87.7 Å². The second-order valence-corrected chi connectivity index (χ2v) is 7.79. The van der Waals surface area contributed by atoms with E-state index in [0.29, 0.717) is 39.8 Å². The molecule has 0 spiro atoms. The number of methoxy groups -OCH3 is 1. The number of ether oxygens (including phenoxy) is 2. The van der Waals surface area contributed by atoms with Crippen LogP contribution in [0.1, 0.15) is 27.7 Å². The Morgan fingerprint density at radius 1 is 1.22 bits per heavy atom. The number of carbonyl (C=O) groups is 1. The maximum absolute atomic E-state index is 13.5. The van der Waals surface area contributed by atoms with Crippen LogP contribution in [-0.4, -0.2) is 29.8 Å². The van der Waals surface area contributed by atoms with Gasteiger partial charge >= 0.3 is 0 Å². The van der Waals surface area contributed by atoms with E-state index in [9.17, 15) is 9.59 Å². The van der Waals surface area contributed by atoms with E-state index in [0.717, 1.165) is 0 Å². The highest BCUT2D eigenvalue weighted by atomic mass is 32.1. The van der Waals surface area contributed by atoms with Gasteiger partial charge < -0.3 is 13.9 Å². The van der Waals surface area contributed by atoms with Crippen LogP contribution >= 0.6 is 11.3 Å². The van der Waals surface area contributed by atoms with Gasteiger partial charge in [-0.1, -0.05) is 42.2 Å². The third-order valence-electron chi connectivity index (χ3n) is 5.19. The minimum absolute atomic E-state index is 0.000138. The standard InChI is InChI=1S/C23H17N3O5S/c1-3-10-30-16-9-8-13(11-17(16)29-2)19-18-20(27)14-6-4-5-7-15(14)31-21(18)22(28)26(19)23-25-24-12-32-23/h3-9,11-12,19H,1,10H2,2H3/t19-/m1/s1. The van der Waals surface area contributed by atoms with Crippen molar-refractivity contribution in [3.63, 3.8) is 0 Å². The van der Waals surface area contributed by atoms with Crippen LogP contribution in [0.15, 0.2) is 69.8 Å². The van der Waals surface area contributed by atoms with E-state index in [1.165, 1.54) is 28.9 Å². The molecule has 0 N–H and O–H groups in total. The lowest BCUT2D eigenvalue weighted by atomic mass is 9.98. The zero-order chi connectivity index (χ0) is 22.2. The summed E-state index contributed by atoms with van der Waals surface area (Å²) < 4.78 is 17.0. The van der Waals surface area contributed by atoms with Crippen molar-refractivity contribution in [2.75, 3.05) is 18.6 Å². The minimum Gasteiger partial charge on any atom is -0.493 e. The van der Waals surface area contributed by atoms with E-state index >= 15 is 0 Å². The van der Waals surface area contributed by atoms with Gasteiger partial charge in [0, 0.05) is 0 Å². The molecular formula is C23H17N3O5S. The Balaban J connectivity index is 1.74. The molecule has 4 aromatic rings. The molecule has 5 rings (SSSR count). The predicted octanol–water partition coefficient (Wildman–Crippen LogP) is 3.97. The van der Waals surface area contributed by atoms with E-state index in [-0.39, 0.29) is 16.8 Å². The molecule has 0 aliphatic carbocycles. The molecule has 2 aromatic heterocycles. The summed E-state index contributed by atoms with van der Waals surface area (Å²) in [7, 11) is 1.53. The summed E-state index contributed by atoms with van der Waals surface area (Å²) in [6.45, 7) is 3.96. The Morgan fingerprint density at radius 3 is 2.81 bits per heavy atom. The van der Waals surface area contributed by atoms with Crippen LogP contribution in [0.3, 0.4) is 0 Å². The zero-order valence-corrected chi connectivity index (χ0v) is 17.8. The van der Waals surface area contributed by atoms with Gasteiger partial charge in [-0.05, 0) is 29.8 Å². The van der Waals surface area contributed by atoms with E-state index < -0.39 is 11.9 Å². The molecule has 0 saturated carbocycles. The molecule has 8 nitrogen and oxygen atoms in total. The lowest BCUT2D eigenvalue weighted by Gasteiger charge is -2.23. The fraction of sp³-hybridized carbons (Fsp3) is 0.130. The van der Waals surface area contributed by atoms with Crippen LogP contribution in [0.2, 0.25) is 0 Å². The summed E-state index contributed by atoms with van der Waals surface area (Å²) >= 11 is 1.20. The predicted molar refractivity (Wildman–Crippen MR) is 120 cm³/mol. The molecule has 0 bridgehead atoms. The number of aromatic nitrogens is 2. The maximum atomic E-state index is 13.5. The number of benzene rings is 2. The topological polar surface area (TPSA) is 94.8 Å². The van der Waals surface area contributed by atoms with Gasteiger partial charge in [0.2, 0.25) is 10.9 Å². The normalized spacial score (nSPS) is 15.1. The third-order valence-corrected chi connectivity index (χ3v) is 5.88. The lowest BCUT2D eigenvalue weighted by molar-refractivity contribution is 0.0970. The Bertz CT molecular complexity index is 1400. The van der Waals surface area contributed by atoms with Crippen molar-refractivity contribution in [3.8, 4) is 11.5 Å². The summed E-state index contributed by atoms with van der Waals surface area (Å²) in [4.78, 5) is 28.3. The van der Waals surface area contributed by atoms with Gasteiger partial charge in [0.25, 0.3) is 5.91 Å². The molecule has 9 heteroatoms. The smallest absolute Gasteiger partial charge is 0.297 e. The van der Waals surface area contributed by atoms with Crippen molar-refractivity contribution in [2.24, 2.45) is 0 Å². The van der Waals surface area contributed by atoms with Crippen LogP contribution in [0.25, 0.3) is 11.0 Å². The maximum Gasteiger partial charge on any atom is 0.297 e. The molecule has 1 aliphatic rings. The number of para-hydroxylation sites is 1. The molecule has 32 heavy (non-hydrogen) atoms. The molecule has 0 fully saturated rings. The first-order valence-corrected chi connectivity index (χ1v) is 10.6. The summed E-state index contributed by atoms with van der Waals surface area (Å²) in [5, 5.41) is 8.70. The summed E-state index contributed by atoms with van der Waals surface area (Å²) in [5.74, 6) is 0.539. The lowest BCUT2D eigenvalue weighted by Crippen LogP contribution is -2.29. The molecule has 1 aliphatic heterocycles. The Morgan fingerprint density at radius 2 is 2.06 bits per heavy atom. The van der Waals surface area contributed by atoms with Crippen molar-refractivity contribution < 1.29 is 18.7 Å². The number of hydrogen-bond donors (Lipinski definition) is 0. The van der Waals surface area contributed by atoms with Crippen LogP contribution < -0.4 is 19.8 Å². The molecule has 160 valence electrons. The average Bonchev–Trinajstić information content (AvgIpc) is 3.44. The van der Waals surface area contributed by atoms with Crippen LogP contribution in [-0.2, 0) is 0 Å². The van der Waals surface area contributed by atoms with Gasteiger partial charge in [-0.15, -0.1) is 10.2 Å². The van der Waals surface area contributed by atoms with Crippen molar-refractivity contribution in [1.29, 1.82) is 0 Å². The number of carbonyl (C=O) groups excluding carboxylic acids is 1. The molecule has 2 aromatic carbocycles. The quantitative estimate of drug-likeness (QED) is 0.413. The van der Waals surface area contributed by atoms with Crippen LogP contribution in [0, 0.1) is 0 Å². The van der Waals surface area contributed by atoms with E-state index in [2.05, 4.69) is 16.8 Å². The Labute approximate surface area is 186 Å². The highest BCUT2D eigenvalue weighted by Gasteiger charge is 2.45.